The summed E-state index contributed by atoms with van der Waals surface area (Å²) in [5.74, 6) is 4.26. The molecule has 2 bridgehead atoms. The van der Waals surface area contributed by atoms with Crippen LogP contribution in [0.4, 0.5) is 0 Å². The van der Waals surface area contributed by atoms with Crippen LogP contribution in [0.1, 0.15) is 51.4 Å². The van der Waals surface area contributed by atoms with Gasteiger partial charge in [-0.3, -0.25) is 0 Å². The molecule has 19 heavy (non-hydrogen) atoms. The molecule has 3 rings (SSSR count). The van der Waals surface area contributed by atoms with Crippen molar-refractivity contribution in [3.8, 4) is 0 Å². The number of hydrogen-bond donors (Lipinski definition) is 1. The molecule has 3 unspecified atom stereocenters. The van der Waals surface area contributed by atoms with Gasteiger partial charge in [0.15, 0.2) is 0 Å². The summed E-state index contributed by atoms with van der Waals surface area (Å²) in [4.78, 5) is 2.63. The highest BCUT2D eigenvalue weighted by atomic mass is 15.1. The Morgan fingerprint density at radius 1 is 1.05 bits per heavy atom. The minimum absolute atomic E-state index is 1.01. The Morgan fingerprint density at radius 2 is 1.89 bits per heavy atom. The van der Waals surface area contributed by atoms with Crippen molar-refractivity contribution in [3.05, 3.63) is 0 Å². The zero-order valence-electron chi connectivity index (χ0n) is 12.7. The molecule has 110 valence electrons. The standard InChI is InChI=1S/C17H32N2/c1-19(10-2-3-14-6-8-18-9-7-14)13-17-12-15-4-5-16(17)11-15/h14-18H,2-13H2,1H3. The third-order valence-electron chi connectivity index (χ3n) is 6.04. The first kappa shape index (κ1) is 13.9. The van der Waals surface area contributed by atoms with Crippen molar-refractivity contribution in [3.63, 3.8) is 0 Å². The predicted molar refractivity (Wildman–Crippen MR) is 81.3 cm³/mol. The summed E-state index contributed by atoms with van der Waals surface area (Å²) in [6, 6.07) is 0. The van der Waals surface area contributed by atoms with E-state index in [1.54, 1.807) is 19.3 Å². The van der Waals surface area contributed by atoms with Gasteiger partial charge in [0.1, 0.15) is 0 Å². The lowest BCUT2D eigenvalue weighted by Gasteiger charge is -2.28. The Balaban J connectivity index is 1.29. The Bertz CT molecular complexity index is 272. The molecular formula is C17H32N2. The average Bonchev–Trinajstić information content (AvgIpc) is 3.02. The fraction of sp³-hybridized carbons (Fsp3) is 1.00. The molecule has 3 aliphatic rings. The first-order valence-electron chi connectivity index (χ1n) is 8.70. The van der Waals surface area contributed by atoms with Crippen molar-refractivity contribution in [2.45, 2.75) is 51.4 Å². The van der Waals surface area contributed by atoms with Crippen LogP contribution in [0.3, 0.4) is 0 Å². The zero-order valence-corrected chi connectivity index (χ0v) is 12.7. The highest BCUT2D eigenvalue weighted by Gasteiger charge is 2.39. The fourth-order valence-corrected chi connectivity index (χ4v) is 4.91. The first-order valence-corrected chi connectivity index (χ1v) is 8.70. The quantitative estimate of drug-likeness (QED) is 0.793. The van der Waals surface area contributed by atoms with Crippen LogP contribution in [-0.2, 0) is 0 Å². The zero-order chi connectivity index (χ0) is 13.1. The summed E-state index contributed by atoms with van der Waals surface area (Å²) in [6.45, 7) is 5.22. The third kappa shape index (κ3) is 3.72. The molecule has 2 aliphatic carbocycles. The molecule has 1 N–H and O–H groups in total. The number of rotatable bonds is 6. The summed E-state index contributed by atoms with van der Waals surface area (Å²) < 4.78 is 0. The van der Waals surface area contributed by atoms with Gasteiger partial charge in [-0.05, 0) is 95.3 Å². The van der Waals surface area contributed by atoms with Crippen LogP contribution in [0.15, 0.2) is 0 Å². The second-order valence-corrected chi connectivity index (χ2v) is 7.53. The van der Waals surface area contributed by atoms with Gasteiger partial charge < -0.3 is 10.2 Å². The molecular weight excluding hydrogens is 232 g/mol. The van der Waals surface area contributed by atoms with Crippen LogP contribution in [-0.4, -0.2) is 38.1 Å². The SMILES string of the molecule is CN(CCCC1CCNCC1)CC1CC2CCC1C2. The molecule has 2 nitrogen and oxygen atoms in total. The van der Waals surface area contributed by atoms with Gasteiger partial charge in [-0.15, -0.1) is 0 Å². The minimum Gasteiger partial charge on any atom is -0.317 e. The molecule has 2 heteroatoms. The van der Waals surface area contributed by atoms with E-state index in [2.05, 4.69) is 17.3 Å². The second kappa shape index (κ2) is 6.58. The molecule has 2 saturated carbocycles. The van der Waals surface area contributed by atoms with Gasteiger partial charge in [0.05, 0.1) is 0 Å². The normalized spacial score (nSPS) is 35.4. The fourth-order valence-electron chi connectivity index (χ4n) is 4.91. The molecule has 3 atom stereocenters. The van der Waals surface area contributed by atoms with Gasteiger partial charge in [-0.2, -0.15) is 0 Å². The summed E-state index contributed by atoms with van der Waals surface area (Å²) in [6.07, 6.45) is 11.9. The van der Waals surface area contributed by atoms with Crippen molar-refractivity contribution in [2.75, 3.05) is 33.2 Å². The Kier molecular flexibility index (Phi) is 4.81. The predicted octanol–water partition coefficient (Wildman–Crippen LogP) is 3.13. The van der Waals surface area contributed by atoms with Crippen LogP contribution in [0, 0.1) is 23.7 Å². The highest BCUT2D eigenvalue weighted by molar-refractivity contribution is 4.90. The van der Waals surface area contributed by atoms with Crippen molar-refractivity contribution >= 4 is 0 Å². The maximum absolute atomic E-state index is 3.47. The van der Waals surface area contributed by atoms with Crippen LogP contribution in [0.2, 0.25) is 0 Å². The topological polar surface area (TPSA) is 15.3 Å². The monoisotopic (exact) mass is 264 g/mol. The van der Waals surface area contributed by atoms with Crippen molar-refractivity contribution in [1.29, 1.82) is 0 Å². The highest BCUT2D eigenvalue weighted by Crippen LogP contribution is 2.48. The lowest BCUT2D eigenvalue weighted by atomic mass is 9.88. The molecule has 0 spiro atoms. The lowest BCUT2D eigenvalue weighted by molar-refractivity contribution is 0.211. The van der Waals surface area contributed by atoms with Crippen molar-refractivity contribution < 1.29 is 0 Å². The van der Waals surface area contributed by atoms with E-state index < -0.39 is 0 Å². The van der Waals surface area contributed by atoms with Gasteiger partial charge >= 0.3 is 0 Å². The largest absolute Gasteiger partial charge is 0.317 e. The molecule has 0 aromatic carbocycles. The van der Waals surface area contributed by atoms with Crippen LogP contribution < -0.4 is 5.32 Å². The summed E-state index contributed by atoms with van der Waals surface area (Å²) in [7, 11) is 2.36. The van der Waals surface area contributed by atoms with Crippen LogP contribution >= 0.6 is 0 Å². The maximum Gasteiger partial charge on any atom is 0.000936 e. The number of piperidine rings is 1. The van der Waals surface area contributed by atoms with E-state index in [4.69, 9.17) is 0 Å². The third-order valence-corrected chi connectivity index (χ3v) is 6.04. The summed E-state index contributed by atoms with van der Waals surface area (Å²) in [5, 5.41) is 3.47. The van der Waals surface area contributed by atoms with E-state index in [1.165, 1.54) is 58.3 Å². The van der Waals surface area contributed by atoms with Crippen LogP contribution in [0.25, 0.3) is 0 Å². The van der Waals surface area contributed by atoms with Gasteiger partial charge in [0.25, 0.3) is 0 Å². The minimum atomic E-state index is 1.01. The summed E-state index contributed by atoms with van der Waals surface area (Å²) in [5.41, 5.74) is 0. The van der Waals surface area contributed by atoms with E-state index in [-0.39, 0.29) is 0 Å². The maximum atomic E-state index is 3.47. The summed E-state index contributed by atoms with van der Waals surface area (Å²) >= 11 is 0. The first-order chi connectivity index (χ1) is 9.31. The number of nitrogens with zero attached hydrogens (tertiary/aromatic N) is 1. The van der Waals surface area contributed by atoms with Crippen molar-refractivity contribution in [1.82, 2.24) is 10.2 Å². The van der Waals surface area contributed by atoms with E-state index in [9.17, 15) is 0 Å². The smallest absolute Gasteiger partial charge is 0.000936 e. The van der Waals surface area contributed by atoms with Gasteiger partial charge in [-0.25, -0.2) is 0 Å². The Hall–Kier alpha value is -0.0800. The van der Waals surface area contributed by atoms with Gasteiger partial charge in [0, 0.05) is 6.54 Å². The van der Waals surface area contributed by atoms with Gasteiger partial charge in [-0.1, -0.05) is 6.42 Å². The second-order valence-electron chi connectivity index (χ2n) is 7.53. The van der Waals surface area contributed by atoms with E-state index in [0.717, 1.165) is 23.7 Å². The van der Waals surface area contributed by atoms with E-state index in [0.29, 0.717) is 0 Å². The molecule has 0 amide bonds. The Labute approximate surface area is 119 Å². The number of nitrogens with one attached hydrogen (secondary N) is 1. The molecule has 1 heterocycles. The molecule has 3 fully saturated rings. The molecule has 1 saturated heterocycles. The van der Waals surface area contributed by atoms with Gasteiger partial charge in [0.2, 0.25) is 0 Å². The van der Waals surface area contributed by atoms with E-state index in [1.807, 2.05) is 0 Å². The van der Waals surface area contributed by atoms with Crippen LogP contribution in [0.5, 0.6) is 0 Å². The van der Waals surface area contributed by atoms with E-state index >= 15 is 0 Å². The number of fused-ring (bicyclic) bond motifs is 2. The molecule has 0 aromatic heterocycles. The number of hydrogen-bond acceptors (Lipinski definition) is 2. The van der Waals surface area contributed by atoms with Crippen molar-refractivity contribution in [2.24, 2.45) is 23.7 Å². The molecule has 0 radical (unpaired) electrons. The Morgan fingerprint density at radius 3 is 2.58 bits per heavy atom. The molecule has 1 aliphatic heterocycles. The molecule has 0 aromatic rings. The average molecular weight is 264 g/mol. The lowest BCUT2D eigenvalue weighted by Crippen LogP contribution is -2.31.